The molecule has 0 saturated carbocycles. The Hall–Kier alpha value is -0.220. The number of piperidine rings is 1. The first-order chi connectivity index (χ1) is 6.84. The molecule has 0 aromatic carbocycles. The van der Waals surface area contributed by atoms with Crippen molar-refractivity contribution in [2.45, 2.75) is 25.3 Å². The lowest BCUT2D eigenvalue weighted by molar-refractivity contribution is -0.122. The first-order valence-electron chi connectivity index (χ1n) is 5.42. The summed E-state index contributed by atoms with van der Waals surface area (Å²) >= 11 is 2.06. The number of amides is 1. The SMILES string of the molecule is O=C1CCC(NCC2CCSC2)CN1. The molecule has 1 amide bonds. The molecular formula is C10H18N2OS. The Bertz CT molecular complexity index is 194. The molecule has 0 radical (unpaired) electrons. The maximum absolute atomic E-state index is 10.9. The van der Waals surface area contributed by atoms with E-state index in [0.29, 0.717) is 12.5 Å². The summed E-state index contributed by atoms with van der Waals surface area (Å²) < 4.78 is 0. The van der Waals surface area contributed by atoms with Crippen LogP contribution < -0.4 is 10.6 Å². The Labute approximate surface area is 89.4 Å². The van der Waals surface area contributed by atoms with Crippen LogP contribution in [-0.2, 0) is 4.79 Å². The second-order valence-corrected chi connectivity index (χ2v) is 5.33. The number of hydrogen-bond acceptors (Lipinski definition) is 3. The van der Waals surface area contributed by atoms with Crippen molar-refractivity contribution in [2.24, 2.45) is 5.92 Å². The van der Waals surface area contributed by atoms with E-state index in [1.54, 1.807) is 0 Å². The van der Waals surface area contributed by atoms with Crippen molar-refractivity contribution in [3.8, 4) is 0 Å². The monoisotopic (exact) mass is 214 g/mol. The molecule has 3 nitrogen and oxygen atoms in total. The van der Waals surface area contributed by atoms with Gasteiger partial charge in [0.1, 0.15) is 0 Å². The van der Waals surface area contributed by atoms with E-state index >= 15 is 0 Å². The fraction of sp³-hybridized carbons (Fsp3) is 0.900. The Morgan fingerprint density at radius 3 is 3.07 bits per heavy atom. The summed E-state index contributed by atoms with van der Waals surface area (Å²) in [7, 11) is 0. The molecular weight excluding hydrogens is 196 g/mol. The van der Waals surface area contributed by atoms with Crippen molar-refractivity contribution >= 4 is 17.7 Å². The van der Waals surface area contributed by atoms with E-state index in [4.69, 9.17) is 0 Å². The number of thioether (sulfide) groups is 1. The van der Waals surface area contributed by atoms with Crippen LogP contribution in [0.15, 0.2) is 0 Å². The van der Waals surface area contributed by atoms with Gasteiger partial charge in [-0.3, -0.25) is 4.79 Å². The summed E-state index contributed by atoms with van der Waals surface area (Å²) in [5, 5.41) is 6.46. The third-order valence-corrected chi connectivity index (χ3v) is 4.22. The molecule has 2 fully saturated rings. The van der Waals surface area contributed by atoms with Gasteiger partial charge < -0.3 is 10.6 Å². The first-order valence-corrected chi connectivity index (χ1v) is 6.58. The van der Waals surface area contributed by atoms with E-state index in [2.05, 4.69) is 22.4 Å². The summed E-state index contributed by atoms with van der Waals surface area (Å²) in [6.07, 6.45) is 3.06. The molecule has 0 bridgehead atoms. The maximum Gasteiger partial charge on any atom is 0.220 e. The van der Waals surface area contributed by atoms with Crippen molar-refractivity contribution in [3.63, 3.8) is 0 Å². The predicted molar refractivity (Wildman–Crippen MR) is 59.5 cm³/mol. The van der Waals surface area contributed by atoms with Gasteiger partial charge in [-0.1, -0.05) is 0 Å². The molecule has 2 saturated heterocycles. The molecule has 80 valence electrons. The quantitative estimate of drug-likeness (QED) is 0.723. The summed E-state index contributed by atoms with van der Waals surface area (Å²) in [5.74, 6) is 3.71. The third-order valence-electron chi connectivity index (χ3n) is 2.98. The van der Waals surface area contributed by atoms with Crippen molar-refractivity contribution in [1.82, 2.24) is 10.6 Å². The second-order valence-electron chi connectivity index (χ2n) is 4.18. The van der Waals surface area contributed by atoms with Crippen LogP contribution in [0.5, 0.6) is 0 Å². The van der Waals surface area contributed by atoms with Gasteiger partial charge in [0.05, 0.1) is 0 Å². The van der Waals surface area contributed by atoms with Crippen LogP contribution in [0.3, 0.4) is 0 Å². The predicted octanol–water partition coefficient (Wildman–Crippen LogP) is 0.608. The minimum atomic E-state index is 0.208. The third kappa shape index (κ3) is 2.89. The van der Waals surface area contributed by atoms with E-state index in [1.807, 2.05) is 0 Å². The Morgan fingerprint density at radius 2 is 2.43 bits per heavy atom. The minimum absolute atomic E-state index is 0.208. The summed E-state index contributed by atoms with van der Waals surface area (Å²) in [5.41, 5.74) is 0. The van der Waals surface area contributed by atoms with E-state index < -0.39 is 0 Å². The normalized spacial score (nSPS) is 33.0. The lowest BCUT2D eigenvalue weighted by Crippen LogP contribution is -2.46. The minimum Gasteiger partial charge on any atom is -0.355 e. The van der Waals surface area contributed by atoms with E-state index in [-0.39, 0.29) is 5.91 Å². The van der Waals surface area contributed by atoms with Crippen LogP contribution in [-0.4, -0.2) is 36.5 Å². The van der Waals surface area contributed by atoms with Gasteiger partial charge in [0.15, 0.2) is 0 Å². The van der Waals surface area contributed by atoms with Gasteiger partial charge in [-0.2, -0.15) is 11.8 Å². The highest BCUT2D eigenvalue weighted by Crippen LogP contribution is 2.22. The average molecular weight is 214 g/mol. The Kier molecular flexibility index (Phi) is 3.70. The van der Waals surface area contributed by atoms with E-state index in [0.717, 1.165) is 25.4 Å². The van der Waals surface area contributed by atoms with Crippen LogP contribution in [0.1, 0.15) is 19.3 Å². The van der Waals surface area contributed by atoms with Gasteiger partial charge in [-0.05, 0) is 36.8 Å². The topological polar surface area (TPSA) is 41.1 Å². The largest absolute Gasteiger partial charge is 0.355 e. The van der Waals surface area contributed by atoms with Gasteiger partial charge >= 0.3 is 0 Å². The Morgan fingerprint density at radius 1 is 1.50 bits per heavy atom. The van der Waals surface area contributed by atoms with Crippen molar-refractivity contribution in [2.75, 3.05) is 24.6 Å². The standard InChI is InChI=1S/C10H18N2OS/c13-10-2-1-9(6-12-10)11-5-8-3-4-14-7-8/h8-9,11H,1-7H2,(H,12,13). The molecule has 0 aliphatic carbocycles. The van der Waals surface area contributed by atoms with Gasteiger partial charge in [0.25, 0.3) is 0 Å². The van der Waals surface area contributed by atoms with Crippen LogP contribution in [0, 0.1) is 5.92 Å². The van der Waals surface area contributed by atoms with Gasteiger partial charge in [-0.25, -0.2) is 0 Å². The molecule has 0 aromatic rings. The molecule has 2 heterocycles. The number of nitrogens with one attached hydrogen (secondary N) is 2. The summed E-state index contributed by atoms with van der Waals surface area (Å²) in [6.45, 7) is 1.95. The number of hydrogen-bond donors (Lipinski definition) is 2. The fourth-order valence-electron chi connectivity index (χ4n) is 1.98. The zero-order chi connectivity index (χ0) is 9.80. The molecule has 2 rings (SSSR count). The number of carbonyl (C=O) groups excluding carboxylic acids is 1. The van der Waals surface area contributed by atoms with Crippen LogP contribution in [0.4, 0.5) is 0 Å². The molecule has 2 unspecified atom stereocenters. The van der Waals surface area contributed by atoms with Gasteiger partial charge in [-0.15, -0.1) is 0 Å². The molecule has 0 aromatic heterocycles. The molecule has 0 spiro atoms. The van der Waals surface area contributed by atoms with Crippen molar-refractivity contribution < 1.29 is 4.79 Å². The van der Waals surface area contributed by atoms with Crippen LogP contribution >= 0.6 is 11.8 Å². The second kappa shape index (κ2) is 5.03. The van der Waals surface area contributed by atoms with Crippen molar-refractivity contribution in [3.05, 3.63) is 0 Å². The zero-order valence-electron chi connectivity index (χ0n) is 8.42. The molecule has 2 aliphatic rings. The lowest BCUT2D eigenvalue weighted by Gasteiger charge is -2.24. The lowest BCUT2D eigenvalue weighted by atomic mass is 10.0. The summed E-state index contributed by atoms with van der Waals surface area (Å²) in [6, 6.07) is 0.512. The average Bonchev–Trinajstić information content (AvgIpc) is 2.70. The molecule has 14 heavy (non-hydrogen) atoms. The van der Waals surface area contributed by atoms with Crippen LogP contribution in [0.2, 0.25) is 0 Å². The zero-order valence-corrected chi connectivity index (χ0v) is 9.24. The fourth-order valence-corrected chi connectivity index (χ4v) is 3.27. The highest BCUT2D eigenvalue weighted by Gasteiger charge is 2.20. The van der Waals surface area contributed by atoms with Crippen LogP contribution in [0.25, 0.3) is 0 Å². The molecule has 4 heteroatoms. The molecule has 2 aliphatic heterocycles. The first kappa shape index (κ1) is 10.3. The highest BCUT2D eigenvalue weighted by atomic mass is 32.2. The van der Waals surface area contributed by atoms with Gasteiger partial charge in [0.2, 0.25) is 5.91 Å². The highest BCUT2D eigenvalue weighted by molar-refractivity contribution is 7.99. The maximum atomic E-state index is 10.9. The smallest absolute Gasteiger partial charge is 0.220 e. The van der Waals surface area contributed by atoms with E-state index in [1.165, 1.54) is 17.9 Å². The van der Waals surface area contributed by atoms with Gasteiger partial charge in [0, 0.05) is 19.0 Å². The van der Waals surface area contributed by atoms with E-state index in [9.17, 15) is 4.79 Å². The van der Waals surface area contributed by atoms with Crippen molar-refractivity contribution in [1.29, 1.82) is 0 Å². The Balaban J connectivity index is 1.63. The number of carbonyl (C=O) groups is 1. The molecule has 2 N–H and O–H groups in total. The summed E-state index contributed by atoms with van der Waals surface area (Å²) in [4.78, 5) is 10.9. The number of rotatable bonds is 3. The molecule has 2 atom stereocenters.